The van der Waals surface area contributed by atoms with E-state index in [2.05, 4.69) is 10.3 Å². The van der Waals surface area contributed by atoms with E-state index in [1.165, 1.54) is 6.08 Å². The van der Waals surface area contributed by atoms with Gasteiger partial charge in [0.1, 0.15) is 5.60 Å². The van der Waals surface area contributed by atoms with E-state index in [4.69, 9.17) is 4.74 Å². The summed E-state index contributed by atoms with van der Waals surface area (Å²) in [5.74, 6) is -0.135. The van der Waals surface area contributed by atoms with Crippen LogP contribution in [0.2, 0.25) is 0 Å². The summed E-state index contributed by atoms with van der Waals surface area (Å²) >= 11 is 0. The Morgan fingerprint density at radius 3 is 2.38 bits per heavy atom. The van der Waals surface area contributed by atoms with Gasteiger partial charge in [-0.05, 0) is 69.3 Å². The van der Waals surface area contributed by atoms with Crippen molar-refractivity contribution in [2.45, 2.75) is 26.4 Å². The van der Waals surface area contributed by atoms with Gasteiger partial charge in [-0.2, -0.15) is 0 Å². The van der Waals surface area contributed by atoms with Crippen molar-refractivity contribution in [3.8, 4) is 0 Å². The first-order valence-electron chi connectivity index (χ1n) is 7.57. The smallest absolute Gasteiger partial charge is 0.412 e. The molecule has 1 aromatic heterocycles. The number of benzene rings is 1. The Bertz CT molecular complexity index is 729. The van der Waals surface area contributed by atoms with E-state index in [9.17, 15) is 9.59 Å². The van der Waals surface area contributed by atoms with Crippen LogP contribution in [-0.4, -0.2) is 22.5 Å². The van der Waals surface area contributed by atoms with Gasteiger partial charge in [-0.3, -0.25) is 15.1 Å². The summed E-state index contributed by atoms with van der Waals surface area (Å²) in [5.41, 5.74) is 1.25. The molecule has 1 amide bonds. The molecule has 5 nitrogen and oxygen atoms in total. The molecular weight excluding hydrogens is 304 g/mol. The first-order valence-corrected chi connectivity index (χ1v) is 7.57. The van der Waals surface area contributed by atoms with Crippen LogP contribution in [0.15, 0.2) is 54.7 Å². The molecule has 0 radical (unpaired) electrons. The second-order valence-electron chi connectivity index (χ2n) is 6.16. The molecule has 0 aliphatic carbocycles. The lowest BCUT2D eigenvalue weighted by molar-refractivity contribution is 0.0636. The molecule has 0 bridgehead atoms. The van der Waals surface area contributed by atoms with Gasteiger partial charge in [-0.25, -0.2) is 4.79 Å². The minimum atomic E-state index is -0.559. The summed E-state index contributed by atoms with van der Waals surface area (Å²) in [4.78, 5) is 27.9. The third-order valence-corrected chi connectivity index (χ3v) is 2.91. The number of anilines is 1. The normalized spacial score (nSPS) is 11.3. The molecule has 0 spiro atoms. The van der Waals surface area contributed by atoms with Crippen molar-refractivity contribution in [2.24, 2.45) is 0 Å². The molecule has 2 rings (SSSR count). The Kier molecular flexibility index (Phi) is 5.47. The molecule has 5 heteroatoms. The number of nitrogens with zero attached hydrogens (tertiary/aromatic N) is 1. The maximum absolute atomic E-state index is 12.1. The van der Waals surface area contributed by atoms with Gasteiger partial charge in [0.2, 0.25) is 0 Å². The highest BCUT2D eigenvalue weighted by Crippen LogP contribution is 2.14. The van der Waals surface area contributed by atoms with Crippen molar-refractivity contribution >= 4 is 23.6 Å². The Morgan fingerprint density at radius 1 is 1.08 bits per heavy atom. The maximum atomic E-state index is 12.1. The molecule has 0 unspecified atom stereocenters. The standard InChI is InChI=1S/C19H20N2O3/c1-19(2,3)24-18(23)21-16-9-7-14(8-10-16)17(22)12-11-15-6-4-5-13-20-15/h4-13H,1-3H3,(H,21,23)/b12-11+. The lowest BCUT2D eigenvalue weighted by atomic mass is 10.1. The zero-order valence-corrected chi connectivity index (χ0v) is 13.9. The Hall–Kier alpha value is -2.95. The van der Waals surface area contributed by atoms with Crippen molar-refractivity contribution in [1.82, 2.24) is 4.98 Å². The predicted octanol–water partition coefficient (Wildman–Crippen LogP) is 4.32. The summed E-state index contributed by atoms with van der Waals surface area (Å²) < 4.78 is 5.17. The minimum Gasteiger partial charge on any atom is -0.444 e. The Balaban J connectivity index is 1.97. The number of ketones is 1. The van der Waals surface area contributed by atoms with E-state index in [-0.39, 0.29) is 5.78 Å². The third-order valence-electron chi connectivity index (χ3n) is 2.91. The number of nitrogens with one attached hydrogen (secondary N) is 1. The maximum Gasteiger partial charge on any atom is 0.412 e. The monoisotopic (exact) mass is 324 g/mol. The second kappa shape index (κ2) is 7.55. The lowest BCUT2D eigenvalue weighted by Gasteiger charge is -2.19. The van der Waals surface area contributed by atoms with Crippen LogP contribution in [0.5, 0.6) is 0 Å². The fourth-order valence-electron chi connectivity index (χ4n) is 1.87. The molecule has 2 aromatic rings. The molecule has 0 fully saturated rings. The van der Waals surface area contributed by atoms with E-state index < -0.39 is 11.7 Å². The van der Waals surface area contributed by atoms with Gasteiger partial charge in [0, 0.05) is 17.4 Å². The van der Waals surface area contributed by atoms with E-state index >= 15 is 0 Å². The second-order valence-corrected chi connectivity index (χ2v) is 6.16. The van der Waals surface area contributed by atoms with Crippen LogP contribution in [0.25, 0.3) is 6.08 Å². The number of carbonyl (C=O) groups excluding carboxylic acids is 2. The molecule has 1 N–H and O–H groups in total. The van der Waals surface area contributed by atoms with Crippen LogP contribution < -0.4 is 5.32 Å². The fourth-order valence-corrected chi connectivity index (χ4v) is 1.87. The van der Waals surface area contributed by atoms with Gasteiger partial charge in [-0.15, -0.1) is 0 Å². The zero-order chi connectivity index (χ0) is 17.6. The van der Waals surface area contributed by atoms with Gasteiger partial charge < -0.3 is 4.74 Å². The van der Waals surface area contributed by atoms with Gasteiger partial charge in [-0.1, -0.05) is 6.07 Å². The van der Waals surface area contributed by atoms with E-state index in [0.29, 0.717) is 16.9 Å². The van der Waals surface area contributed by atoms with Gasteiger partial charge in [0.05, 0.1) is 5.69 Å². The van der Waals surface area contributed by atoms with Gasteiger partial charge in [0.25, 0.3) is 0 Å². The molecule has 0 saturated heterocycles. The highest BCUT2D eigenvalue weighted by atomic mass is 16.6. The lowest BCUT2D eigenvalue weighted by Crippen LogP contribution is -2.27. The number of hydrogen-bond donors (Lipinski definition) is 1. The van der Waals surface area contributed by atoms with Crippen LogP contribution in [0.3, 0.4) is 0 Å². The average Bonchev–Trinajstić information content (AvgIpc) is 2.52. The molecule has 0 saturated carbocycles. The molecule has 0 atom stereocenters. The van der Waals surface area contributed by atoms with Crippen molar-refractivity contribution in [2.75, 3.05) is 5.32 Å². The third kappa shape index (κ3) is 5.68. The topological polar surface area (TPSA) is 68.3 Å². The van der Waals surface area contributed by atoms with Crippen LogP contribution in [0, 0.1) is 0 Å². The molecular formula is C19H20N2O3. The fraction of sp³-hybridized carbons (Fsp3) is 0.211. The highest BCUT2D eigenvalue weighted by molar-refractivity contribution is 6.07. The number of carbonyl (C=O) groups is 2. The number of ether oxygens (including phenoxy) is 1. The Morgan fingerprint density at radius 2 is 1.79 bits per heavy atom. The van der Waals surface area contributed by atoms with E-state index in [1.54, 1.807) is 57.3 Å². The molecule has 124 valence electrons. The number of amides is 1. The highest BCUT2D eigenvalue weighted by Gasteiger charge is 2.16. The van der Waals surface area contributed by atoms with Crippen LogP contribution >= 0.6 is 0 Å². The number of hydrogen-bond acceptors (Lipinski definition) is 4. The molecule has 0 aliphatic heterocycles. The zero-order valence-electron chi connectivity index (χ0n) is 13.9. The van der Waals surface area contributed by atoms with E-state index in [0.717, 1.165) is 0 Å². The van der Waals surface area contributed by atoms with Crippen LogP contribution in [0.1, 0.15) is 36.8 Å². The number of rotatable bonds is 4. The van der Waals surface area contributed by atoms with Crippen LogP contribution in [-0.2, 0) is 4.74 Å². The van der Waals surface area contributed by atoms with Crippen molar-refractivity contribution in [1.29, 1.82) is 0 Å². The van der Waals surface area contributed by atoms with Crippen molar-refractivity contribution < 1.29 is 14.3 Å². The summed E-state index contributed by atoms with van der Waals surface area (Å²) in [6.45, 7) is 5.38. The van der Waals surface area contributed by atoms with Crippen molar-refractivity contribution in [3.63, 3.8) is 0 Å². The largest absolute Gasteiger partial charge is 0.444 e. The minimum absolute atomic E-state index is 0.135. The summed E-state index contributed by atoms with van der Waals surface area (Å²) in [7, 11) is 0. The van der Waals surface area contributed by atoms with Crippen LogP contribution in [0.4, 0.5) is 10.5 Å². The Labute approximate surface area is 141 Å². The number of aromatic nitrogens is 1. The quantitative estimate of drug-likeness (QED) is 0.671. The molecule has 1 heterocycles. The number of pyridine rings is 1. The first kappa shape index (κ1) is 17.4. The van der Waals surface area contributed by atoms with Gasteiger partial charge >= 0.3 is 6.09 Å². The summed E-state index contributed by atoms with van der Waals surface area (Å²) in [6, 6.07) is 12.1. The van der Waals surface area contributed by atoms with Gasteiger partial charge in [0.15, 0.2) is 5.78 Å². The molecule has 24 heavy (non-hydrogen) atoms. The molecule has 1 aromatic carbocycles. The van der Waals surface area contributed by atoms with Crippen molar-refractivity contribution in [3.05, 3.63) is 66.0 Å². The summed E-state index contributed by atoms with van der Waals surface area (Å²) in [5, 5.41) is 2.62. The number of allylic oxidation sites excluding steroid dienone is 1. The predicted molar refractivity (Wildman–Crippen MR) is 93.9 cm³/mol. The van der Waals surface area contributed by atoms with E-state index in [1.807, 2.05) is 18.2 Å². The molecule has 0 aliphatic rings. The SMILES string of the molecule is CC(C)(C)OC(=O)Nc1ccc(C(=O)/C=C/c2ccccn2)cc1. The first-order chi connectivity index (χ1) is 11.3. The summed E-state index contributed by atoms with van der Waals surface area (Å²) in [6.07, 6.45) is 4.27. The average molecular weight is 324 g/mol.